The van der Waals surface area contributed by atoms with E-state index in [4.69, 9.17) is 5.11 Å². The molecule has 0 saturated heterocycles. The second-order valence-corrected chi connectivity index (χ2v) is 6.53. The Balaban J connectivity index is 2.96. The molecular formula is C11H19NO4S. The molecule has 0 aromatic heterocycles. The van der Waals surface area contributed by atoms with Gasteiger partial charge in [-0.1, -0.05) is 18.9 Å². The van der Waals surface area contributed by atoms with Crippen molar-refractivity contribution < 1.29 is 18.3 Å². The van der Waals surface area contributed by atoms with Gasteiger partial charge in [0, 0.05) is 12.6 Å². The van der Waals surface area contributed by atoms with Crippen molar-refractivity contribution in [1.29, 1.82) is 0 Å². The van der Waals surface area contributed by atoms with Gasteiger partial charge in [0.05, 0.1) is 0 Å². The van der Waals surface area contributed by atoms with Crippen LogP contribution in [-0.4, -0.2) is 41.6 Å². The highest BCUT2D eigenvalue weighted by Gasteiger charge is 2.38. The van der Waals surface area contributed by atoms with Crippen molar-refractivity contribution in [3.8, 4) is 0 Å². The molecule has 0 aromatic carbocycles. The molecule has 1 rings (SSSR count). The third-order valence-corrected chi connectivity index (χ3v) is 5.36. The van der Waals surface area contributed by atoms with E-state index < -0.39 is 21.2 Å². The van der Waals surface area contributed by atoms with E-state index in [9.17, 15) is 13.2 Å². The maximum Gasteiger partial charge on any atom is 0.323 e. The van der Waals surface area contributed by atoms with E-state index in [0.717, 1.165) is 25.7 Å². The first-order valence-electron chi connectivity index (χ1n) is 5.75. The fourth-order valence-electron chi connectivity index (χ4n) is 2.11. The van der Waals surface area contributed by atoms with E-state index >= 15 is 0 Å². The highest BCUT2D eigenvalue weighted by atomic mass is 32.2. The molecule has 6 heteroatoms. The molecule has 1 saturated carbocycles. The molecule has 98 valence electrons. The van der Waals surface area contributed by atoms with Crippen molar-refractivity contribution in [2.45, 2.75) is 43.9 Å². The number of sulfonamides is 1. The first-order valence-corrected chi connectivity index (χ1v) is 7.26. The number of carboxylic acids is 1. The molecular weight excluding hydrogens is 242 g/mol. The zero-order valence-corrected chi connectivity index (χ0v) is 10.8. The van der Waals surface area contributed by atoms with Crippen LogP contribution in [-0.2, 0) is 14.8 Å². The summed E-state index contributed by atoms with van der Waals surface area (Å²) in [4.78, 5) is 10.8. The molecule has 0 heterocycles. The van der Waals surface area contributed by atoms with Gasteiger partial charge in [0.2, 0.25) is 10.0 Å². The summed E-state index contributed by atoms with van der Waals surface area (Å²) in [5.41, 5.74) is 0. The molecule has 1 aliphatic carbocycles. The molecule has 1 N–H and O–H groups in total. The lowest BCUT2D eigenvalue weighted by molar-refractivity contribution is -0.136. The summed E-state index contributed by atoms with van der Waals surface area (Å²) >= 11 is 0. The largest absolute Gasteiger partial charge is 0.480 e. The summed E-state index contributed by atoms with van der Waals surface area (Å²) in [7, 11) is -3.78. The minimum Gasteiger partial charge on any atom is -0.480 e. The van der Waals surface area contributed by atoms with Gasteiger partial charge in [0.15, 0.2) is 5.25 Å². The average Bonchev–Trinajstić information content (AvgIpc) is 2.77. The van der Waals surface area contributed by atoms with Gasteiger partial charge in [-0.05, 0) is 19.8 Å². The molecule has 17 heavy (non-hydrogen) atoms. The summed E-state index contributed by atoms with van der Waals surface area (Å²) in [5.74, 6) is -1.31. The summed E-state index contributed by atoms with van der Waals surface area (Å²) < 4.78 is 25.6. The standard InChI is InChI=1S/C11H19NO4S/c1-3-8-12(10-6-4-5-7-10)17(15,16)9(2)11(13)14/h3,9-10H,1,4-8H2,2H3,(H,13,14). The van der Waals surface area contributed by atoms with Crippen LogP contribution in [0.5, 0.6) is 0 Å². The van der Waals surface area contributed by atoms with Gasteiger partial charge < -0.3 is 5.11 Å². The van der Waals surface area contributed by atoms with E-state index in [0.29, 0.717) is 0 Å². The SMILES string of the molecule is C=CCN(C1CCCC1)S(=O)(=O)C(C)C(=O)O. The molecule has 0 radical (unpaired) electrons. The van der Waals surface area contributed by atoms with E-state index in [2.05, 4.69) is 6.58 Å². The number of hydrogen-bond acceptors (Lipinski definition) is 3. The lowest BCUT2D eigenvalue weighted by atomic mass is 10.2. The van der Waals surface area contributed by atoms with Crippen LogP contribution in [0.3, 0.4) is 0 Å². The molecule has 1 unspecified atom stereocenters. The maximum absolute atomic E-state index is 12.1. The second-order valence-electron chi connectivity index (χ2n) is 4.32. The lowest BCUT2D eigenvalue weighted by Gasteiger charge is -2.28. The topological polar surface area (TPSA) is 74.7 Å². The Morgan fingerprint density at radius 2 is 2.06 bits per heavy atom. The van der Waals surface area contributed by atoms with E-state index in [1.54, 1.807) is 0 Å². The fraction of sp³-hybridized carbons (Fsp3) is 0.727. The molecule has 0 aromatic rings. The van der Waals surface area contributed by atoms with Crippen LogP contribution in [0.1, 0.15) is 32.6 Å². The van der Waals surface area contributed by atoms with Gasteiger partial charge in [-0.2, -0.15) is 4.31 Å². The quantitative estimate of drug-likeness (QED) is 0.729. The Morgan fingerprint density at radius 3 is 2.47 bits per heavy atom. The van der Waals surface area contributed by atoms with E-state index in [1.165, 1.54) is 17.3 Å². The minimum absolute atomic E-state index is 0.0696. The number of aliphatic carboxylic acids is 1. The molecule has 1 aliphatic rings. The van der Waals surface area contributed by atoms with Gasteiger partial charge >= 0.3 is 5.97 Å². The maximum atomic E-state index is 12.1. The first kappa shape index (κ1) is 14.2. The normalized spacial score (nSPS) is 19.4. The zero-order chi connectivity index (χ0) is 13.1. The number of carboxylic acid groups (broad SMARTS) is 1. The second kappa shape index (κ2) is 5.64. The van der Waals surface area contributed by atoms with Crippen LogP contribution < -0.4 is 0 Å². The molecule has 0 aliphatic heterocycles. The van der Waals surface area contributed by atoms with Crippen LogP contribution in [0.2, 0.25) is 0 Å². The summed E-state index contributed by atoms with van der Waals surface area (Å²) in [5, 5.41) is 7.45. The van der Waals surface area contributed by atoms with Crippen molar-refractivity contribution in [3.63, 3.8) is 0 Å². The third-order valence-electron chi connectivity index (χ3n) is 3.16. The first-order chi connectivity index (χ1) is 7.91. The molecule has 1 atom stereocenters. The van der Waals surface area contributed by atoms with E-state index in [1.807, 2.05) is 0 Å². The Kier molecular flexibility index (Phi) is 4.70. The van der Waals surface area contributed by atoms with Gasteiger partial charge in [-0.15, -0.1) is 6.58 Å². The monoisotopic (exact) mass is 261 g/mol. The van der Waals surface area contributed by atoms with Crippen molar-refractivity contribution in [2.24, 2.45) is 0 Å². The molecule has 0 spiro atoms. The lowest BCUT2D eigenvalue weighted by Crippen LogP contribution is -2.45. The average molecular weight is 261 g/mol. The highest BCUT2D eigenvalue weighted by Crippen LogP contribution is 2.27. The molecule has 1 fully saturated rings. The van der Waals surface area contributed by atoms with Crippen molar-refractivity contribution in [3.05, 3.63) is 12.7 Å². The Hall–Kier alpha value is -0.880. The number of nitrogens with zero attached hydrogens (tertiary/aromatic N) is 1. The van der Waals surface area contributed by atoms with Crippen molar-refractivity contribution in [2.75, 3.05) is 6.54 Å². The highest BCUT2D eigenvalue weighted by molar-refractivity contribution is 7.90. The van der Waals surface area contributed by atoms with Gasteiger partial charge in [0.25, 0.3) is 0 Å². The van der Waals surface area contributed by atoms with Crippen molar-refractivity contribution >= 4 is 16.0 Å². The fourth-order valence-corrected chi connectivity index (χ4v) is 3.71. The summed E-state index contributed by atoms with van der Waals surface area (Å²) in [6, 6.07) is -0.0696. The van der Waals surface area contributed by atoms with Crippen LogP contribution in [0.4, 0.5) is 0 Å². The van der Waals surface area contributed by atoms with Crippen LogP contribution in [0.25, 0.3) is 0 Å². The zero-order valence-electron chi connectivity index (χ0n) is 10.0. The number of rotatable bonds is 6. The van der Waals surface area contributed by atoms with Crippen molar-refractivity contribution in [1.82, 2.24) is 4.31 Å². The van der Waals surface area contributed by atoms with Crippen LogP contribution >= 0.6 is 0 Å². The molecule has 5 nitrogen and oxygen atoms in total. The van der Waals surface area contributed by atoms with Gasteiger partial charge in [-0.25, -0.2) is 8.42 Å². The smallest absolute Gasteiger partial charge is 0.323 e. The van der Waals surface area contributed by atoms with Gasteiger partial charge in [0.1, 0.15) is 0 Å². The third kappa shape index (κ3) is 3.07. The summed E-state index contributed by atoms with van der Waals surface area (Å²) in [6.07, 6.45) is 5.10. The minimum atomic E-state index is -3.78. The Labute approximate surface area is 102 Å². The predicted molar refractivity (Wildman–Crippen MR) is 65.2 cm³/mol. The van der Waals surface area contributed by atoms with E-state index in [-0.39, 0.29) is 12.6 Å². The Morgan fingerprint density at radius 1 is 1.53 bits per heavy atom. The number of hydrogen-bond donors (Lipinski definition) is 1. The Bertz CT molecular complexity index is 384. The molecule has 0 bridgehead atoms. The van der Waals surface area contributed by atoms with Gasteiger partial charge in [-0.3, -0.25) is 4.79 Å². The van der Waals surface area contributed by atoms with Crippen LogP contribution in [0.15, 0.2) is 12.7 Å². The predicted octanol–water partition coefficient (Wildman–Crippen LogP) is 1.22. The van der Waals surface area contributed by atoms with Crippen LogP contribution in [0, 0.1) is 0 Å². The molecule has 0 amide bonds. The summed E-state index contributed by atoms with van der Waals surface area (Å²) in [6.45, 7) is 4.93. The number of carbonyl (C=O) groups is 1.